The second-order valence-corrected chi connectivity index (χ2v) is 9.00. The lowest BCUT2D eigenvalue weighted by Gasteiger charge is -2.25. The van der Waals surface area contributed by atoms with Gasteiger partial charge in [0.1, 0.15) is 0 Å². The van der Waals surface area contributed by atoms with E-state index in [1.165, 1.54) is 122 Å². The molecule has 0 spiro atoms. The molecule has 0 heterocycles. The third-order valence-corrected chi connectivity index (χ3v) is 6.37. The smallest absolute Gasteiger partial charge is 0.0163 e. The Bertz CT molecular complexity index is 387. The van der Waals surface area contributed by atoms with Gasteiger partial charge in [-0.3, -0.25) is 0 Å². The standard InChI is InChI=1S/C27H50/c1-4-7-9-11-13-15-17-20-25-22-23-26(27(24-25)19-6-3)21-18-16-14-12-10-8-5-2/h22-23,27H,4-21,24H2,1-3H3. The van der Waals surface area contributed by atoms with Crippen molar-refractivity contribution in [2.24, 2.45) is 5.92 Å². The molecule has 1 aliphatic rings. The normalized spacial score (nSPS) is 17.1. The summed E-state index contributed by atoms with van der Waals surface area (Å²) in [5.41, 5.74) is 3.51. The maximum Gasteiger partial charge on any atom is -0.0163 e. The fourth-order valence-electron chi connectivity index (χ4n) is 4.58. The average Bonchev–Trinajstić information content (AvgIpc) is 2.68. The molecule has 0 N–H and O–H groups in total. The van der Waals surface area contributed by atoms with Gasteiger partial charge in [-0.15, -0.1) is 0 Å². The minimum Gasteiger partial charge on any atom is -0.0696 e. The van der Waals surface area contributed by atoms with Crippen molar-refractivity contribution >= 4 is 0 Å². The lowest BCUT2D eigenvalue weighted by molar-refractivity contribution is 0.494. The minimum atomic E-state index is 0.861. The third-order valence-electron chi connectivity index (χ3n) is 6.37. The third kappa shape index (κ3) is 12.5. The summed E-state index contributed by atoms with van der Waals surface area (Å²) in [5.74, 6) is 0.861. The highest BCUT2D eigenvalue weighted by atomic mass is 14.2. The Morgan fingerprint density at radius 2 is 1.11 bits per heavy atom. The Kier molecular flexibility index (Phi) is 16.0. The highest BCUT2D eigenvalue weighted by Crippen LogP contribution is 2.34. The topological polar surface area (TPSA) is 0 Å². The number of rotatable bonds is 18. The molecule has 0 heteroatoms. The predicted octanol–water partition coefficient (Wildman–Crippen LogP) is 9.94. The first-order valence-electron chi connectivity index (χ1n) is 12.7. The van der Waals surface area contributed by atoms with Gasteiger partial charge >= 0.3 is 0 Å². The zero-order valence-corrected chi connectivity index (χ0v) is 19.2. The first-order valence-corrected chi connectivity index (χ1v) is 12.7. The van der Waals surface area contributed by atoms with Crippen LogP contribution in [0.1, 0.15) is 143 Å². The molecular formula is C27H50. The van der Waals surface area contributed by atoms with Gasteiger partial charge in [0.25, 0.3) is 0 Å². The van der Waals surface area contributed by atoms with Crippen LogP contribution in [0.5, 0.6) is 0 Å². The van der Waals surface area contributed by atoms with Crippen molar-refractivity contribution in [3.8, 4) is 0 Å². The summed E-state index contributed by atoms with van der Waals surface area (Å²) < 4.78 is 0. The molecule has 158 valence electrons. The predicted molar refractivity (Wildman–Crippen MR) is 124 cm³/mol. The van der Waals surface area contributed by atoms with Crippen molar-refractivity contribution in [2.45, 2.75) is 143 Å². The highest BCUT2D eigenvalue weighted by molar-refractivity contribution is 5.26. The van der Waals surface area contributed by atoms with Crippen molar-refractivity contribution in [1.82, 2.24) is 0 Å². The van der Waals surface area contributed by atoms with Gasteiger partial charge in [0, 0.05) is 0 Å². The molecule has 0 saturated carbocycles. The van der Waals surface area contributed by atoms with Crippen molar-refractivity contribution in [3.05, 3.63) is 23.3 Å². The van der Waals surface area contributed by atoms with E-state index in [-0.39, 0.29) is 0 Å². The maximum absolute atomic E-state index is 2.53. The summed E-state index contributed by atoms with van der Waals surface area (Å²) in [6.45, 7) is 6.97. The number of hydrogen-bond donors (Lipinski definition) is 0. The van der Waals surface area contributed by atoms with Crippen LogP contribution in [0, 0.1) is 5.92 Å². The van der Waals surface area contributed by atoms with Gasteiger partial charge in [-0.1, -0.05) is 128 Å². The van der Waals surface area contributed by atoms with Gasteiger partial charge in [-0.25, -0.2) is 0 Å². The monoisotopic (exact) mass is 374 g/mol. The van der Waals surface area contributed by atoms with E-state index in [0.717, 1.165) is 5.92 Å². The summed E-state index contributed by atoms with van der Waals surface area (Å²) in [7, 11) is 0. The van der Waals surface area contributed by atoms with E-state index in [2.05, 4.69) is 32.9 Å². The molecule has 0 aromatic carbocycles. The molecule has 0 fully saturated rings. The van der Waals surface area contributed by atoms with Crippen molar-refractivity contribution in [3.63, 3.8) is 0 Å². The van der Waals surface area contributed by atoms with E-state index in [0.29, 0.717) is 0 Å². The maximum atomic E-state index is 2.53. The molecule has 27 heavy (non-hydrogen) atoms. The molecule has 1 aliphatic carbocycles. The van der Waals surface area contributed by atoms with Gasteiger partial charge in [-0.2, -0.15) is 0 Å². The SMILES string of the molecule is CCCCCCCCCC1=CC=C(CCCCCCCCC)C(CCC)C1. The van der Waals surface area contributed by atoms with E-state index in [1.807, 2.05) is 0 Å². The van der Waals surface area contributed by atoms with Crippen LogP contribution in [-0.4, -0.2) is 0 Å². The largest absolute Gasteiger partial charge is 0.0696 e. The van der Waals surface area contributed by atoms with Crippen LogP contribution in [0.15, 0.2) is 23.3 Å². The molecule has 0 saturated heterocycles. The Balaban J connectivity index is 2.24. The molecule has 1 atom stereocenters. The van der Waals surface area contributed by atoms with Gasteiger partial charge in [-0.05, 0) is 44.4 Å². The quantitative estimate of drug-likeness (QED) is 0.209. The fourth-order valence-corrected chi connectivity index (χ4v) is 4.58. The highest BCUT2D eigenvalue weighted by Gasteiger charge is 2.18. The molecule has 0 bridgehead atoms. The van der Waals surface area contributed by atoms with Gasteiger partial charge in [0.2, 0.25) is 0 Å². The first kappa shape index (κ1) is 24.5. The first-order chi connectivity index (χ1) is 13.3. The Labute approximate surface area is 172 Å². The summed E-state index contributed by atoms with van der Waals surface area (Å²) in [6, 6.07) is 0. The van der Waals surface area contributed by atoms with Crippen LogP contribution < -0.4 is 0 Å². The zero-order valence-electron chi connectivity index (χ0n) is 19.2. The summed E-state index contributed by atoms with van der Waals surface area (Å²) >= 11 is 0. The van der Waals surface area contributed by atoms with Gasteiger partial charge < -0.3 is 0 Å². The Morgan fingerprint density at radius 1 is 0.593 bits per heavy atom. The van der Waals surface area contributed by atoms with Gasteiger partial charge in [0.05, 0.1) is 0 Å². The van der Waals surface area contributed by atoms with Crippen molar-refractivity contribution < 1.29 is 0 Å². The minimum absolute atomic E-state index is 0.861. The lowest BCUT2D eigenvalue weighted by atomic mass is 9.80. The summed E-state index contributed by atoms with van der Waals surface area (Å²) in [5, 5.41) is 0. The Hall–Kier alpha value is -0.520. The molecule has 0 aliphatic heterocycles. The second-order valence-electron chi connectivity index (χ2n) is 9.00. The second kappa shape index (κ2) is 17.6. The van der Waals surface area contributed by atoms with E-state index in [4.69, 9.17) is 0 Å². The molecule has 0 aromatic rings. The molecule has 0 radical (unpaired) electrons. The molecule has 0 amide bonds. The molecular weight excluding hydrogens is 324 g/mol. The van der Waals surface area contributed by atoms with E-state index in [1.54, 1.807) is 11.1 Å². The molecule has 0 aromatic heterocycles. The van der Waals surface area contributed by atoms with Crippen LogP contribution in [0.2, 0.25) is 0 Å². The van der Waals surface area contributed by atoms with Crippen molar-refractivity contribution in [1.29, 1.82) is 0 Å². The fraction of sp³-hybridized carbons (Fsp3) is 0.852. The summed E-state index contributed by atoms with van der Waals surface area (Å²) in [4.78, 5) is 0. The molecule has 1 rings (SSSR count). The molecule has 1 unspecified atom stereocenters. The van der Waals surface area contributed by atoms with Gasteiger partial charge in [0.15, 0.2) is 0 Å². The zero-order chi connectivity index (χ0) is 19.6. The lowest BCUT2D eigenvalue weighted by Crippen LogP contribution is -2.09. The number of allylic oxidation sites excluding steroid dienone is 4. The average molecular weight is 375 g/mol. The number of unbranched alkanes of at least 4 members (excludes halogenated alkanes) is 12. The van der Waals surface area contributed by atoms with E-state index >= 15 is 0 Å². The number of hydrogen-bond acceptors (Lipinski definition) is 0. The van der Waals surface area contributed by atoms with E-state index < -0.39 is 0 Å². The van der Waals surface area contributed by atoms with E-state index in [9.17, 15) is 0 Å². The summed E-state index contributed by atoms with van der Waals surface area (Å²) in [6.07, 6.45) is 31.8. The Morgan fingerprint density at radius 3 is 1.67 bits per heavy atom. The molecule has 0 nitrogen and oxygen atoms in total. The van der Waals surface area contributed by atoms with Crippen LogP contribution in [0.3, 0.4) is 0 Å². The van der Waals surface area contributed by atoms with Crippen molar-refractivity contribution in [2.75, 3.05) is 0 Å². The van der Waals surface area contributed by atoms with Crippen LogP contribution >= 0.6 is 0 Å². The van der Waals surface area contributed by atoms with Crippen LogP contribution in [0.4, 0.5) is 0 Å². The van der Waals surface area contributed by atoms with Crippen LogP contribution in [0.25, 0.3) is 0 Å². The van der Waals surface area contributed by atoms with Crippen LogP contribution in [-0.2, 0) is 0 Å².